The van der Waals surface area contributed by atoms with Gasteiger partial charge in [0.25, 0.3) is 0 Å². The van der Waals surface area contributed by atoms with Crippen LogP contribution < -0.4 is 0 Å². The third-order valence-corrected chi connectivity index (χ3v) is 3.86. The van der Waals surface area contributed by atoms with Gasteiger partial charge in [0.1, 0.15) is 11.2 Å². The van der Waals surface area contributed by atoms with Gasteiger partial charge in [0.05, 0.1) is 5.39 Å². The molecule has 0 unspecified atom stereocenters. The van der Waals surface area contributed by atoms with Crippen LogP contribution in [0.5, 0.6) is 0 Å². The quantitative estimate of drug-likeness (QED) is 0.496. The van der Waals surface area contributed by atoms with E-state index in [1.807, 2.05) is 31.3 Å². The maximum absolute atomic E-state index is 6.05. The molecule has 0 radical (unpaired) electrons. The Morgan fingerprint density at radius 2 is 1.68 bits per heavy atom. The highest BCUT2D eigenvalue weighted by Gasteiger charge is 2.14. The van der Waals surface area contributed by atoms with Crippen molar-refractivity contribution in [3.05, 3.63) is 59.4 Å². The summed E-state index contributed by atoms with van der Waals surface area (Å²) in [6, 6.07) is 12.4. The van der Waals surface area contributed by atoms with Crippen LogP contribution in [0.2, 0.25) is 0 Å². The second kappa shape index (κ2) is 4.67. The second-order valence-corrected chi connectivity index (χ2v) is 5.81. The van der Waals surface area contributed by atoms with Crippen LogP contribution in [0.1, 0.15) is 16.8 Å². The van der Waals surface area contributed by atoms with Crippen LogP contribution in [0.3, 0.4) is 0 Å². The van der Waals surface area contributed by atoms with Gasteiger partial charge in [0.2, 0.25) is 0 Å². The predicted octanol–water partition coefficient (Wildman–Crippen LogP) is 4.97. The third-order valence-electron chi connectivity index (χ3n) is 3.86. The average molecular weight is 288 g/mol. The van der Waals surface area contributed by atoms with Gasteiger partial charge in [-0.3, -0.25) is 4.98 Å². The summed E-state index contributed by atoms with van der Waals surface area (Å²) in [7, 11) is 0. The van der Waals surface area contributed by atoms with E-state index in [0.717, 1.165) is 39.0 Å². The van der Waals surface area contributed by atoms with E-state index in [9.17, 15) is 0 Å². The van der Waals surface area contributed by atoms with Gasteiger partial charge >= 0.3 is 0 Å². The van der Waals surface area contributed by atoms with Crippen LogP contribution in [0.25, 0.3) is 33.3 Å². The van der Waals surface area contributed by atoms with E-state index >= 15 is 0 Å². The molecule has 0 amide bonds. The Hall–Kier alpha value is -2.68. The molecule has 0 bridgehead atoms. The molecule has 108 valence electrons. The van der Waals surface area contributed by atoms with Crippen molar-refractivity contribution in [3.63, 3.8) is 0 Å². The first-order valence-electron chi connectivity index (χ1n) is 7.35. The number of pyridine rings is 2. The fraction of sp³-hybridized carbons (Fsp3) is 0.158. The van der Waals surface area contributed by atoms with E-state index in [2.05, 4.69) is 42.0 Å². The molecule has 0 N–H and O–H groups in total. The van der Waals surface area contributed by atoms with E-state index in [1.54, 1.807) is 0 Å². The van der Waals surface area contributed by atoms with Crippen LogP contribution in [0.4, 0.5) is 0 Å². The zero-order valence-corrected chi connectivity index (χ0v) is 12.8. The number of hydrogen-bond donors (Lipinski definition) is 0. The lowest BCUT2D eigenvalue weighted by molar-refractivity contribution is 0.667. The lowest BCUT2D eigenvalue weighted by Gasteiger charge is -2.04. The second-order valence-electron chi connectivity index (χ2n) is 5.81. The van der Waals surface area contributed by atoms with Crippen molar-refractivity contribution in [3.8, 4) is 11.3 Å². The molecule has 3 heterocycles. The fourth-order valence-corrected chi connectivity index (χ4v) is 2.98. The third kappa shape index (κ3) is 1.98. The fourth-order valence-electron chi connectivity index (χ4n) is 2.98. The molecule has 1 aromatic carbocycles. The molecule has 0 spiro atoms. The van der Waals surface area contributed by atoms with Gasteiger partial charge in [-0.2, -0.15) is 0 Å². The largest absolute Gasteiger partial charge is 0.452 e. The molecule has 3 aromatic heterocycles. The topological polar surface area (TPSA) is 38.9 Å². The summed E-state index contributed by atoms with van der Waals surface area (Å²) in [5, 5.41) is 1.02. The van der Waals surface area contributed by atoms with Crippen molar-refractivity contribution in [1.82, 2.24) is 9.97 Å². The van der Waals surface area contributed by atoms with Gasteiger partial charge in [-0.05, 0) is 51.1 Å². The number of fused-ring (bicyclic) bond motifs is 3. The van der Waals surface area contributed by atoms with Gasteiger partial charge in [-0.1, -0.05) is 17.2 Å². The van der Waals surface area contributed by atoms with Crippen molar-refractivity contribution in [2.45, 2.75) is 20.8 Å². The Kier molecular flexibility index (Phi) is 2.76. The summed E-state index contributed by atoms with van der Waals surface area (Å²) < 4.78 is 6.05. The maximum atomic E-state index is 6.05. The molecule has 3 heteroatoms. The first-order chi connectivity index (χ1) is 10.6. The monoisotopic (exact) mass is 288 g/mol. The number of hydrogen-bond acceptors (Lipinski definition) is 3. The SMILES string of the molecule is Cc1cc(C)cc(-c2nccc3c2oc2ccc(C)nc23)c1. The number of aryl methyl sites for hydroxylation is 3. The van der Waals surface area contributed by atoms with Gasteiger partial charge in [-0.25, -0.2) is 4.98 Å². The predicted molar refractivity (Wildman–Crippen MR) is 89.0 cm³/mol. The Morgan fingerprint density at radius 1 is 0.909 bits per heavy atom. The number of furan rings is 1. The van der Waals surface area contributed by atoms with Gasteiger partial charge in [-0.15, -0.1) is 0 Å². The molecule has 0 atom stereocenters. The summed E-state index contributed by atoms with van der Waals surface area (Å²) in [5.41, 5.74) is 7.90. The number of benzene rings is 1. The van der Waals surface area contributed by atoms with Crippen LogP contribution in [0.15, 0.2) is 47.0 Å². The summed E-state index contributed by atoms with van der Waals surface area (Å²) in [4.78, 5) is 9.17. The molecular weight excluding hydrogens is 272 g/mol. The van der Waals surface area contributed by atoms with Crippen LogP contribution in [-0.4, -0.2) is 9.97 Å². The first kappa shape index (κ1) is 13.0. The maximum Gasteiger partial charge on any atom is 0.163 e. The Balaban J connectivity index is 2.08. The molecule has 3 nitrogen and oxygen atoms in total. The van der Waals surface area contributed by atoms with E-state index in [4.69, 9.17) is 4.42 Å². The van der Waals surface area contributed by atoms with Crippen LogP contribution in [-0.2, 0) is 0 Å². The van der Waals surface area contributed by atoms with Gasteiger partial charge in [0, 0.05) is 17.5 Å². The molecule has 0 aliphatic rings. The van der Waals surface area contributed by atoms with Crippen LogP contribution in [0, 0.1) is 20.8 Å². The molecular formula is C19H16N2O. The number of nitrogens with zero attached hydrogens (tertiary/aromatic N) is 2. The summed E-state index contributed by atoms with van der Waals surface area (Å²) >= 11 is 0. The highest BCUT2D eigenvalue weighted by molar-refractivity contribution is 6.06. The lowest BCUT2D eigenvalue weighted by Crippen LogP contribution is -1.87. The van der Waals surface area contributed by atoms with E-state index in [-0.39, 0.29) is 0 Å². The minimum atomic E-state index is 0.805. The van der Waals surface area contributed by atoms with Crippen molar-refractivity contribution in [1.29, 1.82) is 0 Å². The molecule has 22 heavy (non-hydrogen) atoms. The lowest BCUT2D eigenvalue weighted by atomic mass is 10.0. The van der Waals surface area contributed by atoms with Crippen molar-refractivity contribution < 1.29 is 4.42 Å². The number of aromatic nitrogens is 2. The summed E-state index contributed by atoms with van der Waals surface area (Å²) in [6.07, 6.45) is 1.83. The summed E-state index contributed by atoms with van der Waals surface area (Å²) in [5.74, 6) is 0. The normalized spacial score (nSPS) is 11.4. The smallest absolute Gasteiger partial charge is 0.163 e. The zero-order chi connectivity index (χ0) is 15.3. The standard InChI is InChI=1S/C19H16N2O/c1-11-8-12(2)10-14(9-11)17-19-15(6-7-20-17)18-16(22-19)5-4-13(3)21-18/h4-10H,1-3H3. The Labute approximate surface area is 128 Å². The number of rotatable bonds is 1. The molecule has 4 rings (SSSR count). The molecule has 0 fully saturated rings. The van der Waals surface area contributed by atoms with Crippen molar-refractivity contribution in [2.24, 2.45) is 0 Å². The van der Waals surface area contributed by atoms with E-state index in [1.165, 1.54) is 11.1 Å². The van der Waals surface area contributed by atoms with E-state index in [0.29, 0.717) is 0 Å². The Morgan fingerprint density at radius 3 is 2.45 bits per heavy atom. The molecule has 0 saturated heterocycles. The highest BCUT2D eigenvalue weighted by atomic mass is 16.3. The zero-order valence-electron chi connectivity index (χ0n) is 12.8. The van der Waals surface area contributed by atoms with Gasteiger partial charge < -0.3 is 4.42 Å². The molecule has 0 aliphatic heterocycles. The molecule has 4 aromatic rings. The average Bonchev–Trinajstić information content (AvgIpc) is 2.84. The van der Waals surface area contributed by atoms with Gasteiger partial charge in [0.15, 0.2) is 11.2 Å². The molecule has 0 saturated carbocycles. The van der Waals surface area contributed by atoms with Crippen molar-refractivity contribution in [2.75, 3.05) is 0 Å². The van der Waals surface area contributed by atoms with Crippen LogP contribution >= 0.6 is 0 Å². The minimum absolute atomic E-state index is 0.805. The Bertz CT molecular complexity index is 994. The van der Waals surface area contributed by atoms with E-state index < -0.39 is 0 Å². The summed E-state index contributed by atoms with van der Waals surface area (Å²) in [6.45, 7) is 6.19. The minimum Gasteiger partial charge on any atom is -0.452 e. The van der Waals surface area contributed by atoms with Crippen molar-refractivity contribution >= 4 is 22.1 Å². The molecule has 0 aliphatic carbocycles. The highest BCUT2D eigenvalue weighted by Crippen LogP contribution is 2.34. The first-order valence-corrected chi connectivity index (χ1v) is 7.35.